The van der Waals surface area contributed by atoms with Crippen LogP contribution in [0.15, 0.2) is 16.9 Å². The van der Waals surface area contributed by atoms with Crippen LogP contribution in [0.2, 0.25) is 0 Å². The number of aromatic amines is 1. The van der Waals surface area contributed by atoms with E-state index in [-0.39, 0.29) is 17.1 Å². The van der Waals surface area contributed by atoms with Crippen molar-refractivity contribution >= 4 is 17.7 Å². The second-order valence-electron chi connectivity index (χ2n) is 8.74. The van der Waals surface area contributed by atoms with Crippen LogP contribution in [0.5, 0.6) is 17.2 Å². The highest BCUT2D eigenvalue weighted by Gasteiger charge is 2.44. The van der Waals surface area contributed by atoms with Gasteiger partial charge < -0.3 is 33.9 Å². The molecule has 0 radical (unpaired) electrons. The molecule has 2 saturated heterocycles. The fourth-order valence-electron chi connectivity index (χ4n) is 5.20. The number of hydrogen-bond donors (Lipinski definition) is 2. The maximum absolute atomic E-state index is 13.5. The lowest BCUT2D eigenvalue weighted by Crippen LogP contribution is -2.46. The van der Waals surface area contributed by atoms with Crippen LogP contribution in [0.25, 0.3) is 0 Å². The number of anilines is 2. The first-order valence-corrected chi connectivity index (χ1v) is 11.6. The predicted molar refractivity (Wildman–Crippen MR) is 127 cm³/mol. The smallest absolute Gasteiger partial charge is 0.258 e. The molecule has 2 unspecified atom stereocenters. The predicted octanol–water partition coefficient (Wildman–Crippen LogP) is 1.36. The number of carbonyl (C=O) groups is 1. The number of methoxy groups -OCH3 is 3. The Morgan fingerprint density at radius 1 is 1.08 bits per heavy atom. The summed E-state index contributed by atoms with van der Waals surface area (Å²) in [6, 6.07) is 5.34. The third-order valence-electron chi connectivity index (χ3n) is 6.96. The molecular weight excluding hydrogens is 470 g/mol. The van der Waals surface area contributed by atoms with Crippen LogP contribution in [0, 0.1) is 17.2 Å². The lowest BCUT2D eigenvalue weighted by Gasteiger charge is -2.38. The molecule has 1 amide bonds. The van der Waals surface area contributed by atoms with Gasteiger partial charge in [-0.2, -0.15) is 10.2 Å². The summed E-state index contributed by atoms with van der Waals surface area (Å²) in [4.78, 5) is 35.8. The van der Waals surface area contributed by atoms with Gasteiger partial charge in [-0.1, -0.05) is 6.07 Å². The summed E-state index contributed by atoms with van der Waals surface area (Å²) in [5, 5.41) is 12.5. The van der Waals surface area contributed by atoms with E-state index in [1.807, 2.05) is 11.0 Å². The molecule has 0 bridgehead atoms. The fraction of sp³-hybridized carbons (Fsp3) is 0.500. The molecule has 2 atom stereocenters. The van der Waals surface area contributed by atoms with E-state index in [4.69, 9.17) is 23.7 Å². The summed E-state index contributed by atoms with van der Waals surface area (Å²) < 4.78 is 28.0. The SMILES string of the molecule is COc1ccc(C2c3c(nc(N4CCC5(CC4)OCCO5)[nH]c3=O)NC(=O)C2C#N)c(OC)c1OC. The van der Waals surface area contributed by atoms with Gasteiger partial charge in [0, 0.05) is 37.4 Å². The molecule has 5 rings (SSSR count). The minimum Gasteiger partial charge on any atom is -0.493 e. The fourth-order valence-corrected chi connectivity index (χ4v) is 5.20. The van der Waals surface area contributed by atoms with E-state index in [2.05, 4.69) is 15.3 Å². The van der Waals surface area contributed by atoms with Crippen LogP contribution in [0.3, 0.4) is 0 Å². The largest absolute Gasteiger partial charge is 0.493 e. The number of aromatic nitrogens is 2. The Balaban J connectivity index is 1.57. The Bertz CT molecular complexity index is 1270. The Kier molecular flexibility index (Phi) is 6.19. The second kappa shape index (κ2) is 9.33. The van der Waals surface area contributed by atoms with Crippen LogP contribution in [-0.4, -0.2) is 69.3 Å². The van der Waals surface area contributed by atoms with E-state index < -0.39 is 29.1 Å². The number of H-pyrrole nitrogens is 1. The molecule has 190 valence electrons. The van der Waals surface area contributed by atoms with Crippen LogP contribution in [0.1, 0.15) is 29.9 Å². The monoisotopic (exact) mass is 497 g/mol. The summed E-state index contributed by atoms with van der Waals surface area (Å²) in [5.41, 5.74) is 0.158. The van der Waals surface area contributed by atoms with Gasteiger partial charge >= 0.3 is 0 Å². The van der Waals surface area contributed by atoms with Crippen molar-refractivity contribution in [3.63, 3.8) is 0 Å². The molecule has 4 heterocycles. The molecule has 12 heteroatoms. The number of nitriles is 1. The number of hydrogen-bond acceptors (Lipinski definition) is 10. The molecule has 0 saturated carbocycles. The first-order valence-electron chi connectivity index (χ1n) is 11.6. The summed E-state index contributed by atoms with van der Waals surface area (Å²) >= 11 is 0. The maximum atomic E-state index is 13.5. The number of ether oxygens (including phenoxy) is 5. The summed E-state index contributed by atoms with van der Waals surface area (Å²) in [5.74, 6) is -1.84. The molecule has 2 N–H and O–H groups in total. The molecule has 2 fully saturated rings. The number of nitrogens with one attached hydrogen (secondary N) is 2. The van der Waals surface area contributed by atoms with Crippen molar-refractivity contribution in [2.75, 3.05) is 57.8 Å². The molecule has 1 aromatic heterocycles. The van der Waals surface area contributed by atoms with Crippen molar-refractivity contribution < 1.29 is 28.5 Å². The van der Waals surface area contributed by atoms with Gasteiger partial charge in [-0.25, -0.2) is 0 Å². The van der Waals surface area contributed by atoms with Gasteiger partial charge in [0.05, 0.1) is 46.2 Å². The van der Waals surface area contributed by atoms with E-state index in [0.29, 0.717) is 62.2 Å². The van der Waals surface area contributed by atoms with Crippen molar-refractivity contribution in [1.29, 1.82) is 5.26 Å². The van der Waals surface area contributed by atoms with E-state index in [1.54, 1.807) is 12.1 Å². The zero-order valence-electron chi connectivity index (χ0n) is 20.3. The number of fused-ring (bicyclic) bond motifs is 1. The highest BCUT2D eigenvalue weighted by molar-refractivity contribution is 5.98. The summed E-state index contributed by atoms with van der Waals surface area (Å²) in [7, 11) is 4.39. The number of piperidine rings is 1. The summed E-state index contributed by atoms with van der Waals surface area (Å²) in [6.07, 6.45) is 1.25. The molecule has 1 aromatic carbocycles. The zero-order chi connectivity index (χ0) is 25.4. The normalized spacial score (nSPS) is 22.5. The number of nitrogens with zero attached hydrogens (tertiary/aromatic N) is 3. The molecule has 3 aliphatic heterocycles. The van der Waals surface area contributed by atoms with E-state index in [0.717, 1.165) is 0 Å². The molecule has 0 aliphatic carbocycles. The van der Waals surface area contributed by atoms with Crippen molar-refractivity contribution in [3.05, 3.63) is 33.6 Å². The van der Waals surface area contributed by atoms with Gasteiger partial charge in [-0.05, 0) is 6.07 Å². The molecular formula is C24H27N5O7. The van der Waals surface area contributed by atoms with Gasteiger partial charge in [-0.3, -0.25) is 14.6 Å². The zero-order valence-corrected chi connectivity index (χ0v) is 20.3. The Labute approximate surface area is 207 Å². The van der Waals surface area contributed by atoms with Crippen molar-refractivity contribution in [2.24, 2.45) is 5.92 Å². The lowest BCUT2D eigenvalue weighted by molar-refractivity contribution is -0.169. The van der Waals surface area contributed by atoms with Gasteiger partial charge in [0.25, 0.3) is 5.56 Å². The van der Waals surface area contributed by atoms with Gasteiger partial charge in [0.15, 0.2) is 17.3 Å². The highest BCUT2D eigenvalue weighted by atomic mass is 16.7. The van der Waals surface area contributed by atoms with Crippen molar-refractivity contribution in [3.8, 4) is 23.3 Å². The third-order valence-corrected chi connectivity index (χ3v) is 6.96. The number of rotatable bonds is 5. The first kappa shape index (κ1) is 23.9. The van der Waals surface area contributed by atoms with E-state index >= 15 is 0 Å². The Morgan fingerprint density at radius 3 is 2.39 bits per heavy atom. The van der Waals surface area contributed by atoms with Gasteiger partial charge in [0.1, 0.15) is 11.7 Å². The topological polar surface area (TPSA) is 148 Å². The molecule has 3 aliphatic rings. The average Bonchev–Trinajstić information content (AvgIpc) is 3.34. The van der Waals surface area contributed by atoms with Crippen molar-refractivity contribution in [2.45, 2.75) is 24.5 Å². The van der Waals surface area contributed by atoms with E-state index in [1.165, 1.54) is 21.3 Å². The minimum atomic E-state index is -1.19. The summed E-state index contributed by atoms with van der Waals surface area (Å²) in [6.45, 7) is 2.26. The molecule has 12 nitrogen and oxygen atoms in total. The third kappa shape index (κ3) is 3.81. The standard InChI is InChI=1S/C24H27N5O7/c1-32-15-5-4-13(18(33-2)19(15)34-3)16-14(12-25)21(30)26-20-17(16)22(31)28-23(27-20)29-8-6-24(7-9-29)35-10-11-36-24/h4-5,14,16H,6-11H2,1-3H3,(H2,26,27,28,30,31). The van der Waals surface area contributed by atoms with Crippen LogP contribution in [0.4, 0.5) is 11.8 Å². The Hall–Kier alpha value is -3.82. The average molecular weight is 498 g/mol. The van der Waals surface area contributed by atoms with Crippen LogP contribution >= 0.6 is 0 Å². The Morgan fingerprint density at radius 2 is 1.78 bits per heavy atom. The minimum absolute atomic E-state index is 0.112. The lowest BCUT2D eigenvalue weighted by atomic mass is 9.78. The highest BCUT2D eigenvalue weighted by Crippen LogP contribution is 2.48. The number of carbonyl (C=O) groups excluding carboxylic acids is 1. The first-order chi connectivity index (χ1) is 17.4. The second-order valence-corrected chi connectivity index (χ2v) is 8.74. The van der Waals surface area contributed by atoms with E-state index in [9.17, 15) is 14.9 Å². The molecule has 2 aromatic rings. The number of amides is 1. The van der Waals surface area contributed by atoms with Crippen LogP contribution < -0.4 is 30.0 Å². The molecule has 1 spiro atoms. The number of benzene rings is 1. The maximum Gasteiger partial charge on any atom is 0.258 e. The molecule has 36 heavy (non-hydrogen) atoms. The quantitative estimate of drug-likeness (QED) is 0.620. The van der Waals surface area contributed by atoms with Crippen LogP contribution in [-0.2, 0) is 14.3 Å². The van der Waals surface area contributed by atoms with Gasteiger partial charge in [-0.15, -0.1) is 0 Å². The van der Waals surface area contributed by atoms with Crippen molar-refractivity contribution in [1.82, 2.24) is 9.97 Å². The van der Waals surface area contributed by atoms with Gasteiger partial charge in [0.2, 0.25) is 17.6 Å².